The maximum atomic E-state index is 5.84. The van der Waals surface area contributed by atoms with Gasteiger partial charge in [0, 0.05) is 22.3 Å². The molecule has 8 heteroatoms. The number of nitrogens with zero attached hydrogens (tertiary/aromatic N) is 4. The molecule has 2 heterocycles. The van der Waals surface area contributed by atoms with Crippen molar-refractivity contribution in [1.82, 2.24) is 20.1 Å². The number of anilines is 1. The summed E-state index contributed by atoms with van der Waals surface area (Å²) in [4.78, 5) is 13.4. The van der Waals surface area contributed by atoms with Crippen LogP contribution in [0, 0.1) is 0 Å². The van der Waals surface area contributed by atoms with Crippen molar-refractivity contribution in [3.8, 4) is 11.6 Å². The number of halogens is 1. The molecule has 1 aromatic carbocycles. The summed E-state index contributed by atoms with van der Waals surface area (Å²) in [5.41, 5.74) is 6.12. The van der Waals surface area contributed by atoms with Gasteiger partial charge in [0.15, 0.2) is 17.3 Å². The van der Waals surface area contributed by atoms with Gasteiger partial charge in [-0.05, 0) is 24.3 Å². The summed E-state index contributed by atoms with van der Waals surface area (Å²) in [7, 11) is 0. The van der Waals surface area contributed by atoms with Crippen LogP contribution in [0.15, 0.2) is 46.1 Å². The maximum absolute atomic E-state index is 5.84. The number of nitrogens with two attached hydrogens (primary N) is 1. The Hall–Kier alpha value is -2.12. The van der Waals surface area contributed by atoms with Gasteiger partial charge in [0.2, 0.25) is 0 Å². The van der Waals surface area contributed by atoms with Crippen LogP contribution in [0.5, 0.6) is 0 Å². The molecule has 3 rings (SSSR count). The highest BCUT2D eigenvalue weighted by Crippen LogP contribution is 2.25. The predicted octanol–water partition coefficient (Wildman–Crippen LogP) is 3.05. The molecule has 2 N–H and O–H groups in total. The summed E-state index contributed by atoms with van der Waals surface area (Å²) in [6.45, 7) is 0. The fourth-order valence-corrected chi connectivity index (χ4v) is 2.47. The fourth-order valence-electron chi connectivity index (χ4n) is 1.60. The molecular formula is C13H10ClN5OS. The van der Waals surface area contributed by atoms with Crippen LogP contribution in [-0.4, -0.2) is 20.1 Å². The largest absolute Gasteiger partial charge is 0.382 e. The molecule has 3 aromatic rings. The molecule has 6 nitrogen and oxygen atoms in total. The molecule has 21 heavy (non-hydrogen) atoms. The van der Waals surface area contributed by atoms with Gasteiger partial charge in [-0.3, -0.25) is 0 Å². The normalized spacial score (nSPS) is 10.7. The van der Waals surface area contributed by atoms with E-state index in [0.29, 0.717) is 22.3 Å². The first kappa shape index (κ1) is 13.8. The van der Waals surface area contributed by atoms with Crippen molar-refractivity contribution in [2.45, 2.75) is 10.6 Å². The minimum atomic E-state index is 0.262. The average Bonchev–Trinajstić information content (AvgIpc) is 2.96. The average molecular weight is 320 g/mol. The van der Waals surface area contributed by atoms with E-state index in [1.807, 2.05) is 24.3 Å². The topological polar surface area (TPSA) is 90.7 Å². The Bertz CT molecular complexity index is 746. The standard InChI is InChI=1S/C13H10ClN5OS/c14-8-1-3-9(4-2-8)21-7-10-18-13(20-19-10)11-12(15)17-6-5-16-11/h1-6H,7H2,(H2,15,17). The van der Waals surface area contributed by atoms with Crippen molar-refractivity contribution in [3.63, 3.8) is 0 Å². The summed E-state index contributed by atoms with van der Waals surface area (Å²) in [6, 6.07) is 7.56. The molecule has 0 amide bonds. The number of hydrogen-bond acceptors (Lipinski definition) is 7. The lowest BCUT2D eigenvalue weighted by Gasteiger charge is -1.98. The van der Waals surface area contributed by atoms with Crippen molar-refractivity contribution in [1.29, 1.82) is 0 Å². The van der Waals surface area contributed by atoms with Crippen LogP contribution in [0.4, 0.5) is 5.82 Å². The van der Waals surface area contributed by atoms with E-state index in [9.17, 15) is 0 Å². The summed E-state index contributed by atoms with van der Waals surface area (Å²) in [5.74, 6) is 1.67. The van der Waals surface area contributed by atoms with Crippen LogP contribution in [0.3, 0.4) is 0 Å². The maximum Gasteiger partial charge on any atom is 0.280 e. The molecule has 0 bridgehead atoms. The Morgan fingerprint density at radius 3 is 2.67 bits per heavy atom. The zero-order chi connectivity index (χ0) is 14.7. The van der Waals surface area contributed by atoms with E-state index in [4.69, 9.17) is 21.9 Å². The second-order valence-corrected chi connectivity index (χ2v) is 5.53. The van der Waals surface area contributed by atoms with E-state index in [-0.39, 0.29) is 11.7 Å². The van der Waals surface area contributed by atoms with Gasteiger partial charge in [0.05, 0.1) is 5.75 Å². The zero-order valence-corrected chi connectivity index (χ0v) is 12.3. The second kappa shape index (κ2) is 6.11. The smallest absolute Gasteiger partial charge is 0.280 e. The van der Waals surface area contributed by atoms with E-state index >= 15 is 0 Å². The van der Waals surface area contributed by atoms with Crippen LogP contribution in [0.25, 0.3) is 11.6 Å². The van der Waals surface area contributed by atoms with E-state index < -0.39 is 0 Å². The first-order valence-electron chi connectivity index (χ1n) is 6.00. The molecule has 0 unspecified atom stereocenters. The van der Waals surface area contributed by atoms with Gasteiger partial charge < -0.3 is 10.3 Å². The zero-order valence-electron chi connectivity index (χ0n) is 10.7. The molecule has 106 valence electrons. The lowest BCUT2D eigenvalue weighted by atomic mass is 10.4. The lowest BCUT2D eigenvalue weighted by molar-refractivity contribution is 0.424. The molecule has 0 aliphatic rings. The van der Waals surface area contributed by atoms with Gasteiger partial charge in [0.1, 0.15) is 0 Å². The summed E-state index contributed by atoms with van der Waals surface area (Å²) in [5, 5.41) is 4.62. The van der Waals surface area contributed by atoms with Gasteiger partial charge in [-0.25, -0.2) is 9.97 Å². The molecular weight excluding hydrogens is 310 g/mol. The summed E-state index contributed by atoms with van der Waals surface area (Å²) in [6.07, 6.45) is 3.03. The Labute approximate surface area is 129 Å². The van der Waals surface area contributed by atoms with Gasteiger partial charge in [0.25, 0.3) is 5.89 Å². The van der Waals surface area contributed by atoms with E-state index in [0.717, 1.165) is 4.90 Å². The third kappa shape index (κ3) is 3.32. The third-order valence-electron chi connectivity index (χ3n) is 2.58. The van der Waals surface area contributed by atoms with Crippen LogP contribution >= 0.6 is 23.4 Å². The summed E-state index contributed by atoms with van der Waals surface area (Å²) >= 11 is 7.43. The highest BCUT2D eigenvalue weighted by molar-refractivity contribution is 7.98. The SMILES string of the molecule is Nc1nccnc1-c1nc(CSc2ccc(Cl)cc2)no1. The first-order chi connectivity index (χ1) is 10.2. The van der Waals surface area contributed by atoms with E-state index in [2.05, 4.69) is 20.1 Å². The van der Waals surface area contributed by atoms with Crippen molar-refractivity contribution >= 4 is 29.2 Å². The lowest BCUT2D eigenvalue weighted by Crippen LogP contribution is -1.96. The first-order valence-corrected chi connectivity index (χ1v) is 7.36. The van der Waals surface area contributed by atoms with Gasteiger partial charge in [-0.15, -0.1) is 11.8 Å². The monoisotopic (exact) mass is 319 g/mol. The second-order valence-electron chi connectivity index (χ2n) is 4.05. The number of aromatic nitrogens is 4. The molecule has 0 spiro atoms. The highest BCUT2D eigenvalue weighted by Gasteiger charge is 2.13. The van der Waals surface area contributed by atoms with Crippen LogP contribution in [-0.2, 0) is 5.75 Å². The van der Waals surface area contributed by atoms with E-state index in [1.54, 1.807) is 11.8 Å². The number of nitrogen functional groups attached to an aromatic ring is 1. The third-order valence-corrected chi connectivity index (χ3v) is 3.84. The van der Waals surface area contributed by atoms with Crippen molar-refractivity contribution in [3.05, 3.63) is 47.5 Å². The fraction of sp³-hybridized carbons (Fsp3) is 0.0769. The quantitative estimate of drug-likeness (QED) is 0.739. The van der Waals surface area contributed by atoms with Crippen molar-refractivity contribution in [2.75, 3.05) is 5.73 Å². The highest BCUT2D eigenvalue weighted by atomic mass is 35.5. The number of rotatable bonds is 4. The molecule has 0 radical (unpaired) electrons. The predicted molar refractivity (Wildman–Crippen MR) is 80.7 cm³/mol. The Morgan fingerprint density at radius 2 is 1.90 bits per heavy atom. The minimum Gasteiger partial charge on any atom is -0.382 e. The number of hydrogen-bond donors (Lipinski definition) is 1. The molecule has 0 fully saturated rings. The molecule has 0 aliphatic carbocycles. The Kier molecular flexibility index (Phi) is 4.03. The molecule has 0 aliphatic heterocycles. The Morgan fingerprint density at radius 1 is 1.14 bits per heavy atom. The summed E-state index contributed by atoms with van der Waals surface area (Å²) < 4.78 is 5.16. The van der Waals surface area contributed by atoms with Crippen LogP contribution in [0.1, 0.15) is 5.82 Å². The Balaban J connectivity index is 1.71. The van der Waals surface area contributed by atoms with E-state index in [1.165, 1.54) is 12.4 Å². The van der Waals surface area contributed by atoms with Gasteiger partial charge in [-0.1, -0.05) is 16.8 Å². The van der Waals surface area contributed by atoms with Crippen molar-refractivity contribution in [2.24, 2.45) is 0 Å². The number of benzene rings is 1. The molecule has 2 aromatic heterocycles. The van der Waals surface area contributed by atoms with Gasteiger partial charge in [-0.2, -0.15) is 4.98 Å². The van der Waals surface area contributed by atoms with Crippen LogP contribution < -0.4 is 5.73 Å². The number of thioether (sulfide) groups is 1. The van der Waals surface area contributed by atoms with Crippen molar-refractivity contribution < 1.29 is 4.52 Å². The van der Waals surface area contributed by atoms with Crippen LogP contribution in [0.2, 0.25) is 5.02 Å². The molecule has 0 atom stereocenters. The minimum absolute atomic E-state index is 0.262. The molecule has 0 saturated heterocycles. The van der Waals surface area contributed by atoms with Gasteiger partial charge >= 0.3 is 0 Å². The molecule has 0 saturated carbocycles.